The van der Waals surface area contributed by atoms with Crippen molar-refractivity contribution in [3.8, 4) is 0 Å². The molecule has 2 heteroatoms. The van der Waals surface area contributed by atoms with Crippen LogP contribution in [0.5, 0.6) is 0 Å². The molecule has 0 aromatic heterocycles. The molecule has 1 aromatic carbocycles. The van der Waals surface area contributed by atoms with E-state index < -0.39 is 0 Å². The van der Waals surface area contributed by atoms with Crippen molar-refractivity contribution in [2.45, 2.75) is 33.3 Å². The highest BCUT2D eigenvalue weighted by molar-refractivity contribution is 5.61. The molecule has 0 atom stereocenters. The van der Waals surface area contributed by atoms with Crippen LogP contribution in [0.25, 0.3) is 5.76 Å². The maximum atomic E-state index is 5.83. The van der Waals surface area contributed by atoms with Crippen LogP contribution in [-0.2, 0) is 4.74 Å². The van der Waals surface area contributed by atoms with Crippen LogP contribution in [0.15, 0.2) is 30.3 Å². The maximum Gasteiger partial charge on any atom is 0.123 e. The molecule has 0 aliphatic heterocycles. The van der Waals surface area contributed by atoms with Crippen molar-refractivity contribution in [1.82, 2.24) is 0 Å². The number of benzene rings is 1. The molecule has 0 saturated heterocycles. The molecule has 0 spiro atoms. The molecular formula is C13H19NO. The van der Waals surface area contributed by atoms with Crippen LogP contribution in [0.1, 0.15) is 33.3 Å². The molecule has 0 saturated carbocycles. The Labute approximate surface area is 91.7 Å². The first-order valence-electron chi connectivity index (χ1n) is 5.13. The predicted molar refractivity (Wildman–Crippen MR) is 65.3 cm³/mol. The normalized spacial score (nSPS) is 12.7. The number of rotatable bonds is 2. The molecule has 0 aliphatic carbocycles. The van der Waals surface area contributed by atoms with E-state index in [1.807, 2.05) is 58.0 Å². The summed E-state index contributed by atoms with van der Waals surface area (Å²) in [7, 11) is 0. The molecule has 0 aliphatic rings. The van der Waals surface area contributed by atoms with Crippen molar-refractivity contribution in [1.29, 1.82) is 0 Å². The fourth-order valence-corrected chi connectivity index (χ4v) is 1.26. The third-order valence-corrected chi connectivity index (χ3v) is 1.87. The lowest BCUT2D eigenvalue weighted by atomic mass is 10.1. The Hall–Kier alpha value is -1.44. The standard InChI is InChI=1S/C13H19NO/c1-5-12(15-13(2,3)4)10-6-8-11(14)9-7-10/h5-9H,14H2,1-4H3/b12-5+. The van der Waals surface area contributed by atoms with Gasteiger partial charge >= 0.3 is 0 Å². The molecule has 15 heavy (non-hydrogen) atoms. The van der Waals surface area contributed by atoms with E-state index in [2.05, 4.69) is 0 Å². The lowest BCUT2D eigenvalue weighted by Crippen LogP contribution is -2.18. The van der Waals surface area contributed by atoms with E-state index in [-0.39, 0.29) is 5.60 Å². The molecule has 0 unspecified atom stereocenters. The summed E-state index contributed by atoms with van der Waals surface area (Å²) in [5.41, 5.74) is 7.28. The largest absolute Gasteiger partial charge is 0.488 e. The average molecular weight is 205 g/mol. The summed E-state index contributed by atoms with van der Waals surface area (Å²) >= 11 is 0. The first-order chi connectivity index (χ1) is 6.92. The number of hydrogen-bond acceptors (Lipinski definition) is 2. The minimum Gasteiger partial charge on any atom is -0.488 e. The van der Waals surface area contributed by atoms with Gasteiger partial charge in [-0.3, -0.25) is 0 Å². The SMILES string of the molecule is C/C=C(/OC(C)(C)C)c1ccc(N)cc1. The highest BCUT2D eigenvalue weighted by atomic mass is 16.5. The van der Waals surface area contributed by atoms with E-state index in [9.17, 15) is 0 Å². The summed E-state index contributed by atoms with van der Waals surface area (Å²) in [6.07, 6.45) is 1.97. The van der Waals surface area contributed by atoms with Crippen LogP contribution in [0.4, 0.5) is 5.69 Å². The zero-order valence-corrected chi connectivity index (χ0v) is 9.87. The smallest absolute Gasteiger partial charge is 0.123 e. The lowest BCUT2D eigenvalue weighted by molar-refractivity contribution is 0.0968. The second-order valence-corrected chi connectivity index (χ2v) is 4.49. The molecule has 0 bridgehead atoms. The van der Waals surface area contributed by atoms with Crippen molar-refractivity contribution < 1.29 is 4.74 Å². The van der Waals surface area contributed by atoms with E-state index in [4.69, 9.17) is 10.5 Å². The summed E-state index contributed by atoms with van der Waals surface area (Å²) in [6, 6.07) is 7.70. The Bertz CT molecular complexity index is 344. The van der Waals surface area contributed by atoms with Crippen LogP contribution in [0.2, 0.25) is 0 Å². The zero-order valence-electron chi connectivity index (χ0n) is 9.87. The van der Waals surface area contributed by atoms with Crippen LogP contribution in [0.3, 0.4) is 0 Å². The summed E-state index contributed by atoms with van der Waals surface area (Å²) < 4.78 is 5.83. The Morgan fingerprint density at radius 3 is 2.13 bits per heavy atom. The van der Waals surface area contributed by atoms with Gasteiger partial charge in [-0.1, -0.05) is 0 Å². The van der Waals surface area contributed by atoms with E-state index in [0.29, 0.717) is 0 Å². The van der Waals surface area contributed by atoms with Gasteiger partial charge in [0, 0.05) is 11.3 Å². The molecular weight excluding hydrogens is 186 g/mol. The molecule has 2 nitrogen and oxygen atoms in total. The monoisotopic (exact) mass is 205 g/mol. The van der Waals surface area contributed by atoms with Gasteiger partial charge in [0.05, 0.1) is 0 Å². The summed E-state index contributed by atoms with van der Waals surface area (Å²) in [4.78, 5) is 0. The van der Waals surface area contributed by atoms with Gasteiger partial charge in [-0.2, -0.15) is 0 Å². The van der Waals surface area contributed by atoms with Gasteiger partial charge in [0.1, 0.15) is 11.4 Å². The summed E-state index contributed by atoms with van der Waals surface area (Å²) in [6.45, 7) is 8.08. The van der Waals surface area contributed by atoms with Crippen molar-refractivity contribution in [3.05, 3.63) is 35.9 Å². The van der Waals surface area contributed by atoms with E-state index >= 15 is 0 Å². The molecule has 0 radical (unpaired) electrons. The zero-order chi connectivity index (χ0) is 11.5. The fourth-order valence-electron chi connectivity index (χ4n) is 1.26. The van der Waals surface area contributed by atoms with Gasteiger partial charge in [0.15, 0.2) is 0 Å². The van der Waals surface area contributed by atoms with Crippen LogP contribution in [-0.4, -0.2) is 5.60 Å². The number of nitrogen functional groups attached to an aromatic ring is 1. The molecule has 82 valence electrons. The molecule has 0 heterocycles. The van der Waals surface area contributed by atoms with Gasteiger partial charge < -0.3 is 10.5 Å². The second-order valence-electron chi connectivity index (χ2n) is 4.49. The van der Waals surface area contributed by atoms with Crippen molar-refractivity contribution in [3.63, 3.8) is 0 Å². The maximum absolute atomic E-state index is 5.83. The Balaban J connectivity index is 2.90. The number of hydrogen-bond donors (Lipinski definition) is 1. The second kappa shape index (κ2) is 4.39. The quantitative estimate of drug-likeness (QED) is 0.593. The van der Waals surface area contributed by atoms with Crippen LogP contribution < -0.4 is 5.73 Å². The highest BCUT2D eigenvalue weighted by Crippen LogP contribution is 2.23. The van der Waals surface area contributed by atoms with E-state index in [0.717, 1.165) is 17.0 Å². The molecule has 0 amide bonds. The number of ether oxygens (including phenoxy) is 1. The molecule has 1 rings (SSSR count). The van der Waals surface area contributed by atoms with Crippen molar-refractivity contribution in [2.24, 2.45) is 0 Å². The first kappa shape index (κ1) is 11.6. The number of allylic oxidation sites excluding steroid dienone is 1. The van der Waals surface area contributed by atoms with Gasteiger partial charge in [-0.15, -0.1) is 0 Å². The number of anilines is 1. The van der Waals surface area contributed by atoms with Crippen LogP contribution >= 0.6 is 0 Å². The predicted octanol–water partition coefficient (Wildman–Crippen LogP) is 3.44. The Kier molecular flexibility index (Phi) is 3.40. The average Bonchev–Trinajstić information content (AvgIpc) is 2.14. The van der Waals surface area contributed by atoms with Gasteiger partial charge in [-0.25, -0.2) is 0 Å². The van der Waals surface area contributed by atoms with E-state index in [1.54, 1.807) is 0 Å². The third-order valence-electron chi connectivity index (χ3n) is 1.87. The molecule has 2 N–H and O–H groups in total. The summed E-state index contributed by atoms with van der Waals surface area (Å²) in [5, 5.41) is 0. The lowest BCUT2D eigenvalue weighted by Gasteiger charge is -2.23. The van der Waals surface area contributed by atoms with Crippen molar-refractivity contribution in [2.75, 3.05) is 5.73 Å². The van der Waals surface area contributed by atoms with E-state index in [1.165, 1.54) is 0 Å². The topological polar surface area (TPSA) is 35.2 Å². The fraction of sp³-hybridized carbons (Fsp3) is 0.385. The minimum absolute atomic E-state index is 0.177. The first-order valence-corrected chi connectivity index (χ1v) is 5.13. The van der Waals surface area contributed by atoms with Gasteiger partial charge in [0.25, 0.3) is 0 Å². The Morgan fingerprint density at radius 1 is 1.20 bits per heavy atom. The number of nitrogens with two attached hydrogens (primary N) is 1. The highest BCUT2D eigenvalue weighted by Gasteiger charge is 2.14. The molecule has 0 fully saturated rings. The Morgan fingerprint density at radius 2 is 1.73 bits per heavy atom. The van der Waals surface area contributed by atoms with Crippen molar-refractivity contribution >= 4 is 11.4 Å². The van der Waals surface area contributed by atoms with Gasteiger partial charge in [-0.05, 0) is 58.0 Å². The van der Waals surface area contributed by atoms with Gasteiger partial charge in [0.2, 0.25) is 0 Å². The minimum atomic E-state index is -0.177. The molecule has 1 aromatic rings. The third kappa shape index (κ3) is 3.66. The summed E-state index contributed by atoms with van der Waals surface area (Å²) in [5.74, 6) is 0.891. The van der Waals surface area contributed by atoms with Crippen LogP contribution in [0, 0.1) is 0 Å².